The molecule has 2 rings (SSSR count). The fourth-order valence-corrected chi connectivity index (χ4v) is 2.59. The predicted octanol–water partition coefficient (Wildman–Crippen LogP) is 2.85. The monoisotopic (exact) mass is 327 g/mol. The summed E-state index contributed by atoms with van der Waals surface area (Å²) in [6, 6.07) is 9.11. The van der Waals surface area contributed by atoms with Gasteiger partial charge in [-0.25, -0.2) is 0 Å². The van der Waals surface area contributed by atoms with Crippen LogP contribution in [0.4, 0.5) is 0 Å². The summed E-state index contributed by atoms with van der Waals surface area (Å²) < 4.78 is 12.3. The Morgan fingerprint density at radius 1 is 1.17 bits per heavy atom. The molecule has 126 valence electrons. The molecule has 0 aliphatic heterocycles. The van der Waals surface area contributed by atoms with Crippen LogP contribution in [0, 0.1) is 11.3 Å². The largest absolute Gasteiger partial charge is 0.493 e. The molecular formula is C18H21N3O3. The van der Waals surface area contributed by atoms with Gasteiger partial charge >= 0.3 is 0 Å². The summed E-state index contributed by atoms with van der Waals surface area (Å²) in [6.07, 6.45) is 1.72. The van der Waals surface area contributed by atoms with Gasteiger partial charge in [-0.15, -0.1) is 0 Å². The average molecular weight is 327 g/mol. The van der Waals surface area contributed by atoms with Crippen LogP contribution in [0.15, 0.2) is 30.5 Å². The van der Waals surface area contributed by atoms with Gasteiger partial charge in [0.05, 0.1) is 19.8 Å². The van der Waals surface area contributed by atoms with Gasteiger partial charge in [-0.2, -0.15) is 5.26 Å². The van der Waals surface area contributed by atoms with E-state index < -0.39 is 0 Å². The third-order valence-electron chi connectivity index (χ3n) is 3.91. The van der Waals surface area contributed by atoms with Gasteiger partial charge in [0.2, 0.25) is 0 Å². The first kappa shape index (κ1) is 17.4. The fraction of sp³-hybridized carbons (Fsp3) is 0.333. The lowest BCUT2D eigenvalue weighted by Crippen LogP contribution is -2.32. The molecule has 0 bridgehead atoms. The predicted molar refractivity (Wildman–Crippen MR) is 90.8 cm³/mol. The van der Waals surface area contributed by atoms with Crippen molar-refractivity contribution in [2.45, 2.75) is 13.8 Å². The molecule has 0 saturated carbocycles. The summed E-state index contributed by atoms with van der Waals surface area (Å²) in [4.78, 5) is 14.5. The summed E-state index contributed by atoms with van der Waals surface area (Å²) in [5.41, 5.74) is 1.43. The number of rotatable bonds is 6. The Morgan fingerprint density at radius 2 is 1.83 bits per heavy atom. The quantitative estimate of drug-likeness (QED) is 0.818. The summed E-state index contributed by atoms with van der Waals surface area (Å²) in [7, 11) is 3.12. The van der Waals surface area contributed by atoms with E-state index in [1.807, 2.05) is 19.9 Å². The highest BCUT2D eigenvalue weighted by atomic mass is 16.5. The van der Waals surface area contributed by atoms with Gasteiger partial charge in [-0.3, -0.25) is 4.79 Å². The number of carbonyl (C=O) groups is 1. The molecule has 0 saturated heterocycles. The topological polar surface area (TPSA) is 67.5 Å². The van der Waals surface area contributed by atoms with Gasteiger partial charge in [-0.1, -0.05) is 0 Å². The second kappa shape index (κ2) is 7.55. The van der Waals surface area contributed by atoms with Gasteiger partial charge in [0.25, 0.3) is 5.91 Å². The van der Waals surface area contributed by atoms with Crippen LogP contribution < -0.4 is 9.47 Å². The van der Waals surface area contributed by atoms with Crippen molar-refractivity contribution in [1.82, 2.24) is 9.47 Å². The Morgan fingerprint density at radius 3 is 2.38 bits per heavy atom. The zero-order valence-corrected chi connectivity index (χ0v) is 14.4. The number of ether oxygens (including phenoxy) is 2. The smallest absolute Gasteiger partial charge is 0.272 e. The summed E-state index contributed by atoms with van der Waals surface area (Å²) in [5.74, 6) is 0.991. The van der Waals surface area contributed by atoms with Gasteiger partial charge in [0.1, 0.15) is 11.8 Å². The second-order valence-corrected chi connectivity index (χ2v) is 5.08. The molecule has 2 aromatic rings. The first-order chi connectivity index (χ1) is 11.6. The maximum Gasteiger partial charge on any atom is 0.272 e. The molecule has 1 amide bonds. The normalized spacial score (nSPS) is 10.1. The molecule has 24 heavy (non-hydrogen) atoms. The maximum absolute atomic E-state index is 12.8. The zero-order valence-electron chi connectivity index (χ0n) is 14.4. The van der Waals surface area contributed by atoms with E-state index in [1.54, 1.807) is 48.1 Å². The fourth-order valence-electron chi connectivity index (χ4n) is 2.59. The molecule has 0 unspecified atom stereocenters. The van der Waals surface area contributed by atoms with E-state index >= 15 is 0 Å². The minimum atomic E-state index is -0.170. The summed E-state index contributed by atoms with van der Waals surface area (Å²) in [5, 5.41) is 9.36. The number of nitriles is 1. The lowest BCUT2D eigenvalue weighted by molar-refractivity contribution is 0.0764. The summed E-state index contributed by atoms with van der Waals surface area (Å²) >= 11 is 0. The van der Waals surface area contributed by atoms with Gasteiger partial charge in [0, 0.05) is 31.0 Å². The number of carbonyl (C=O) groups excluding carboxylic acids is 1. The van der Waals surface area contributed by atoms with Crippen LogP contribution in [-0.4, -0.2) is 42.7 Å². The number of methoxy groups -OCH3 is 2. The van der Waals surface area contributed by atoms with E-state index in [1.165, 1.54) is 0 Å². The average Bonchev–Trinajstić information content (AvgIpc) is 3.05. The number of hydrogen-bond donors (Lipinski definition) is 0. The van der Waals surface area contributed by atoms with Crippen molar-refractivity contribution in [2.75, 3.05) is 27.3 Å². The van der Waals surface area contributed by atoms with E-state index in [-0.39, 0.29) is 5.91 Å². The maximum atomic E-state index is 12.8. The van der Waals surface area contributed by atoms with Crippen molar-refractivity contribution in [3.05, 3.63) is 41.7 Å². The number of nitrogens with zero attached hydrogens (tertiary/aromatic N) is 3. The number of aromatic nitrogens is 1. The van der Waals surface area contributed by atoms with Crippen LogP contribution in [0.5, 0.6) is 11.5 Å². The molecule has 0 N–H and O–H groups in total. The Kier molecular flexibility index (Phi) is 5.48. The van der Waals surface area contributed by atoms with Crippen LogP contribution in [0.2, 0.25) is 0 Å². The Hall–Kier alpha value is -2.94. The minimum absolute atomic E-state index is 0.170. The SMILES string of the molecule is CCN(CC)C(=O)c1c(C#N)ccn1-c1ccc(OC)c(OC)c1. The summed E-state index contributed by atoms with van der Waals surface area (Å²) in [6.45, 7) is 4.99. The molecule has 1 aromatic heterocycles. The first-order valence-corrected chi connectivity index (χ1v) is 7.74. The first-order valence-electron chi connectivity index (χ1n) is 7.74. The third kappa shape index (κ3) is 3.06. The third-order valence-corrected chi connectivity index (χ3v) is 3.91. The molecule has 6 heteroatoms. The minimum Gasteiger partial charge on any atom is -0.493 e. The van der Waals surface area contributed by atoms with Crippen molar-refractivity contribution >= 4 is 5.91 Å². The van der Waals surface area contributed by atoms with E-state index in [0.29, 0.717) is 35.8 Å². The molecule has 1 heterocycles. The van der Waals surface area contributed by atoms with Gasteiger partial charge < -0.3 is 18.9 Å². The Labute approximate surface area is 141 Å². The van der Waals surface area contributed by atoms with Crippen molar-refractivity contribution in [1.29, 1.82) is 5.26 Å². The molecule has 6 nitrogen and oxygen atoms in total. The van der Waals surface area contributed by atoms with E-state index in [9.17, 15) is 10.1 Å². The molecular weight excluding hydrogens is 306 g/mol. The molecule has 0 atom stereocenters. The Bertz CT molecular complexity index is 770. The van der Waals surface area contributed by atoms with Crippen LogP contribution in [0.3, 0.4) is 0 Å². The highest BCUT2D eigenvalue weighted by Gasteiger charge is 2.22. The molecule has 0 fully saturated rings. The van der Waals surface area contributed by atoms with Crippen LogP contribution >= 0.6 is 0 Å². The highest BCUT2D eigenvalue weighted by molar-refractivity contribution is 5.96. The zero-order chi connectivity index (χ0) is 17.7. The van der Waals surface area contributed by atoms with Crippen molar-refractivity contribution in [2.24, 2.45) is 0 Å². The van der Waals surface area contributed by atoms with E-state index in [4.69, 9.17) is 9.47 Å². The van der Waals surface area contributed by atoms with Crippen LogP contribution in [0.1, 0.15) is 29.9 Å². The van der Waals surface area contributed by atoms with Crippen molar-refractivity contribution in [3.8, 4) is 23.3 Å². The molecule has 0 aliphatic carbocycles. The van der Waals surface area contributed by atoms with E-state index in [2.05, 4.69) is 6.07 Å². The van der Waals surface area contributed by atoms with Gasteiger partial charge in [-0.05, 0) is 32.0 Å². The number of hydrogen-bond acceptors (Lipinski definition) is 4. The number of benzene rings is 1. The highest BCUT2D eigenvalue weighted by Crippen LogP contribution is 2.30. The second-order valence-electron chi connectivity index (χ2n) is 5.08. The van der Waals surface area contributed by atoms with Crippen LogP contribution in [-0.2, 0) is 0 Å². The lowest BCUT2D eigenvalue weighted by atomic mass is 10.2. The number of amides is 1. The lowest BCUT2D eigenvalue weighted by Gasteiger charge is -2.20. The molecule has 0 aliphatic rings. The van der Waals surface area contributed by atoms with E-state index in [0.717, 1.165) is 5.69 Å². The molecule has 0 radical (unpaired) electrons. The molecule has 1 aromatic carbocycles. The van der Waals surface area contributed by atoms with Crippen molar-refractivity contribution < 1.29 is 14.3 Å². The van der Waals surface area contributed by atoms with Gasteiger partial charge in [0.15, 0.2) is 11.5 Å². The standard InChI is InChI=1S/C18H21N3O3/c1-5-20(6-2)18(22)17-13(12-19)9-10-21(17)14-7-8-15(23-3)16(11-14)24-4/h7-11H,5-6H2,1-4H3. The van der Waals surface area contributed by atoms with Crippen molar-refractivity contribution in [3.63, 3.8) is 0 Å². The molecule has 0 spiro atoms. The Balaban J connectivity index is 2.58. The van der Waals surface area contributed by atoms with Crippen LogP contribution in [0.25, 0.3) is 5.69 Å².